The molecule has 4 aliphatic rings. The van der Waals surface area contributed by atoms with E-state index in [-0.39, 0.29) is 5.60 Å². The monoisotopic (exact) mass is 459 g/mol. The van der Waals surface area contributed by atoms with Crippen LogP contribution in [0.3, 0.4) is 0 Å². The second kappa shape index (κ2) is 9.54. The SMILES string of the molecule is Cc1cc(N2CCC(C)C2)cn2nc(C34CC(CO3)C4)nc12.Cc1ncn[nH]1.c1ccccc1. The van der Waals surface area contributed by atoms with Gasteiger partial charge in [-0.05, 0) is 56.6 Å². The van der Waals surface area contributed by atoms with Crippen molar-refractivity contribution in [2.75, 3.05) is 24.6 Å². The van der Waals surface area contributed by atoms with Crippen LogP contribution >= 0.6 is 0 Å². The van der Waals surface area contributed by atoms with Crippen molar-refractivity contribution in [1.29, 1.82) is 0 Å². The third-order valence-electron chi connectivity index (χ3n) is 6.83. The van der Waals surface area contributed by atoms with Crippen LogP contribution in [-0.2, 0) is 10.3 Å². The lowest BCUT2D eigenvalue weighted by molar-refractivity contribution is -0.0109. The summed E-state index contributed by atoms with van der Waals surface area (Å²) in [4.78, 5) is 11.0. The normalized spacial score (nSPS) is 24.7. The van der Waals surface area contributed by atoms with Gasteiger partial charge in [0.1, 0.15) is 17.8 Å². The standard InChI is InChI=1S/C17H22N4O.C6H6.C3H5N3/c1-11-3-4-20(8-11)14-5-12(2)15-18-16(19-21(15)9-14)17-6-13(7-17)10-22-17;1-2-4-6-5-3-1;1-3-4-2-5-6-3/h5,9,11,13H,3-4,6-8,10H2,1-2H3;1-6H;2H,1H3,(H,4,5,6). The molecule has 178 valence electrons. The maximum Gasteiger partial charge on any atom is 0.183 e. The second-order valence-electron chi connectivity index (χ2n) is 9.73. The Morgan fingerprint density at radius 3 is 2.32 bits per heavy atom. The smallest absolute Gasteiger partial charge is 0.183 e. The summed E-state index contributed by atoms with van der Waals surface area (Å²) < 4.78 is 7.93. The molecule has 3 aliphatic heterocycles. The Hall–Kier alpha value is -3.26. The molecule has 8 rings (SSSR count). The molecule has 4 fully saturated rings. The zero-order valence-corrected chi connectivity index (χ0v) is 20.2. The molecule has 0 radical (unpaired) electrons. The first-order valence-electron chi connectivity index (χ1n) is 12.1. The van der Waals surface area contributed by atoms with Gasteiger partial charge in [-0.15, -0.1) is 5.10 Å². The van der Waals surface area contributed by atoms with Crippen molar-refractivity contribution in [3.8, 4) is 0 Å². The van der Waals surface area contributed by atoms with Crippen LogP contribution in [-0.4, -0.2) is 49.5 Å². The van der Waals surface area contributed by atoms with E-state index in [1.165, 1.54) is 24.0 Å². The molecule has 1 saturated carbocycles. The van der Waals surface area contributed by atoms with Gasteiger partial charge in [0.25, 0.3) is 0 Å². The average Bonchev–Trinajstić information content (AvgIpc) is 3.63. The minimum atomic E-state index is -0.175. The molecule has 2 bridgehead atoms. The molecule has 1 atom stereocenters. The maximum atomic E-state index is 5.97. The van der Waals surface area contributed by atoms with E-state index in [1.807, 2.05) is 47.8 Å². The van der Waals surface area contributed by atoms with Crippen LogP contribution in [0.5, 0.6) is 0 Å². The lowest BCUT2D eigenvalue weighted by Gasteiger charge is -2.32. The van der Waals surface area contributed by atoms with Crippen molar-refractivity contribution in [3.05, 3.63) is 72.2 Å². The summed E-state index contributed by atoms with van der Waals surface area (Å²) in [6.07, 6.45) is 7.09. The van der Waals surface area contributed by atoms with Crippen LogP contribution < -0.4 is 4.90 Å². The lowest BCUT2D eigenvalue weighted by atomic mass is 9.74. The molecule has 3 aromatic heterocycles. The second-order valence-corrected chi connectivity index (χ2v) is 9.73. The van der Waals surface area contributed by atoms with Gasteiger partial charge in [-0.1, -0.05) is 43.3 Å². The number of hydrogen-bond acceptors (Lipinski definition) is 6. The van der Waals surface area contributed by atoms with Gasteiger partial charge in [-0.25, -0.2) is 14.5 Å². The van der Waals surface area contributed by atoms with Gasteiger partial charge in [-0.3, -0.25) is 5.10 Å². The fourth-order valence-electron chi connectivity index (χ4n) is 4.95. The molecule has 1 N–H and O–H groups in total. The van der Waals surface area contributed by atoms with E-state index in [4.69, 9.17) is 14.8 Å². The zero-order chi connectivity index (χ0) is 23.5. The van der Waals surface area contributed by atoms with E-state index in [0.29, 0.717) is 0 Å². The highest BCUT2D eigenvalue weighted by atomic mass is 16.5. The fourth-order valence-corrected chi connectivity index (χ4v) is 4.95. The summed E-state index contributed by atoms with van der Waals surface area (Å²) in [6, 6.07) is 14.3. The van der Waals surface area contributed by atoms with Crippen molar-refractivity contribution < 1.29 is 4.74 Å². The number of aryl methyl sites for hydroxylation is 2. The van der Waals surface area contributed by atoms with Crippen molar-refractivity contribution >= 4 is 11.3 Å². The van der Waals surface area contributed by atoms with Gasteiger partial charge in [0, 0.05) is 13.1 Å². The van der Waals surface area contributed by atoms with E-state index < -0.39 is 0 Å². The number of ether oxygens (including phenoxy) is 1. The highest BCUT2D eigenvalue weighted by molar-refractivity contribution is 5.57. The minimum Gasteiger partial charge on any atom is -0.370 e. The van der Waals surface area contributed by atoms with Gasteiger partial charge in [0.15, 0.2) is 11.5 Å². The Bertz CT molecular complexity index is 1170. The van der Waals surface area contributed by atoms with E-state index in [9.17, 15) is 0 Å². The molecular weight excluding hydrogens is 426 g/mol. The number of nitrogens with zero attached hydrogens (tertiary/aromatic N) is 6. The Morgan fingerprint density at radius 1 is 1.09 bits per heavy atom. The van der Waals surface area contributed by atoms with Gasteiger partial charge < -0.3 is 9.64 Å². The molecule has 1 unspecified atom stereocenters. The molecule has 6 heterocycles. The Morgan fingerprint density at radius 2 is 1.82 bits per heavy atom. The van der Waals surface area contributed by atoms with Gasteiger partial charge in [-0.2, -0.15) is 5.10 Å². The van der Waals surface area contributed by atoms with Crippen molar-refractivity contribution in [2.24, 2.45) is 11.8 Å². The summed E-state index contributed by atoms with van der Waals surface area (Å²) in [6.45, 7) is 9.47. The summed E-state index contributed by atoms with van der Waals surface area (Å²) in [5, 5.41) is 11.0. The average molecular weight is 460 g/mol. The molecular formula is C26H33N7O. The first kappa shape index (κ1) is 22.5. The van der Waals surface area contributed by atoms with Crippen LogP contribution in [0, 0.1) is 25.7 Å². The molecule has 8 nitrogen and oxygen atoms in total. The summed E-state index contributed by atoms with van der Waals surface area (Å²) in [7, 11) is 0. The van der Waals surface area contributed by atoms with Gasteiger partial charge in [0.05, 0.1) is 18.5 Å². The van der Waals surface area contributed by atoms with Crippen LogP contribution in [0.25, 0.3) is 5.65 Å². The number of rotatable bonds is 2. The van der Waals surface area contributed by atoms with Gasteiger partial charge in [0.2, 0.25) is 0 Å². The number of nitrogens with one attached hydrogen (secondary N) is 1. The molecule has 1 aromatic carbocycles. The van der Waals surface area contributed by atoms with E-state index in [2.05, 4.69) is 46.2 Å². The predicted octanol–water partition coefficient (Wildman–Crippen LogP) is 4.32. The van der Waals surface area contributed by atoms with E-state index in [0.717, 1.165) is 61.7 Å². The first-order valence-corrected chi connectivity index (χ1v) is 12.1. The number of pyridine rings is 1. The summed E-state index contributed by atoms with van der Waals surface area (Å²) >= 11 is 0. The number of benzene rings is 1. The quantitative estimate of drug-likeness (QED) is 0.481. The summed E-state index contributed by atoms with van der Waals surface area (Å²) in [5.41, 5.74) is 3.26. The minimum absolute atomic E-state index is 0.175. The van der Waals surface area contributed by atoms with Crippen molar-refractivity contribution in [3.63, 3.8) is 0 Å². The van der Waals surface area contributed by atoms with Crippen molar-refractivity contribution in [1.82, 2.24) is 29.8 Å². The molecule has 3 saturated heterocycles. The third kappa shape index (κ3) is 4.68. The molecule has 0 spiro atoms. The van der Waals surface area contributed by atoms with Crippen LogP contribution in [0.2, 0.25) is 0 Å². The Labute approximate surface area is 200 Å². The largest absolute Gasteiger partial charge is 0.370 e. The van der Waals surface area contributed by atoms with Crippen molar-refractivity contribution in [2.45, 2.75) is 45.6 Å². The fraction of sp³-hybridized carbons (Fsp3) is 0.462. The molecule has 0 amide bonds. The van der Waals surface area contributed by atoms with Crippen LogP contribution in [0.15, 0.2) is 55.0 Å². The predicted molar refractivity (Wildman–Crippen MR) is 132 cm³/mol. The molecule has 1 aliphatic carbocycles. The van der Waals surface area contributed by atoms with E-state index >= 15 is 0 Å². The molecule has 34 heavy (non-hydrogen) atoms. The highest BCUT2D eigenvalue weighted by Gasteiger charge is 2.55. The number of aromatic amines is 1. The Kier molecular flexibility index (Phi) is 6.32. The lowest BCUT2D eigenvalue weighted by Crippen LogP contribution is -2.34. The number of anilines is 1. The zero-order valence-electron chi connectivity index (χ0n) is 20.2. The first-order chi connectivity index (χ1) is 16.5. The number of fused-ring (bicyclic) bond motifs is 2. The summed E-state index contributed by atoms with van der Waals surface area (Å²) in [5.74, 6) is 3.25. The third-order valence-corrected chi connectivity index (χ3v) is 6.83. The number of hydrogen-bond donors (Lipinski definition) is 1. The Balaban J connectivity index is 0.000000164. The molecule has 4 aromatic rings. The van der Waals surface area contributed by atoms with E-state index in [1.54, 1.807) is 0 Å². The number of H-pyrrole nitrogens is 1. The van der Waals surface area contributed by atoms with Gasteiger partial charge >= 0.3 is 0 Å². The highest BCUT2D eigenvalue weighted by Crippen LogP contribution is 2.54. The van der Waals surface area contributed by atoms with Crippen LogP contribution in [0.1, 0.15) is 43.4 Å². The number of aromatic nitrogens is 6. The molecule has 8 heteroatoms. The maximum absolute atomic E-state index is 5.97. The topological polar surface area (TPSA) is 84.2 Å². The van der Waals surface area contributed by atoms with Crippen LogP contribution in [0.4, 0.5) is 5.69 Å².